The maximum Gasteiger partial charge on any atom is 0.336 e. The van der Waals surface area contributed by atoms with E-state index in [1.54, 1.807) is 24.3 Å². The Hall–Kier alpha value is -4.40. The molecule has 0 fully saturated rings. The van der Waals surface area contributed by atoms with E-state index in [1.165, 1.54) is 31.3 Å². The second kappa shape index (κ2) is 10.2. The van der Waals surface area contributed by atoms with Crippen LogP contribution in [-0.4, -0.2) is 38.2 Å². The Morgan fingerprint density at radius 3 is 2.45 bits per heavy atom. The number of hydrogen-bond acceptors (Lipinski definition) is 6. The van der Waals surface area contributed by atoms with Crippen molar-refractivity contribution in [2.24, 2.45) is 0 Å². The largest absolute Gasteiger partial charge is 0.493 e. The number of methoxy groups -OCH3 is 2. The molecule has 0 N–H and O–H groups in total. The summed E-state index contributed by atoms with van der Waals surface area (Å²) in [6.45, 7) is 1.98. The number of nitrogens with zero attached hydrogens (tertiary/aromatic N) is 1. The number of hydrogen-bond donors (Lipinski definition) is 0. The summed E-state index contributed by atoms with van der Waals surface area (Å²) in [7, 11) is 3.03. The van der Waals surface area contributed by atoms with E-state index in [0.717, 1.165) is 28.6 Å². The van der Waals surface area contributed by atoms with Gasteiger partial charge >= 0.3 is 5.63 Å². The van der Waals surface area contributed by atoms with Crippen molar-refractivity contribution < 1.29 is 32.2 Å². The smallest absolute Gasteiger partial charge is 0.336 e. The summed E-state index contributed by atoms with van der Waals surface area (Å²) in [5.74, 6) is -1.27. The third-order valence-electron chi connectivity index (χ3n) is 6.77. The number of fused-ring (bicyclic) bond motifs is 2. The van der Waals surface area contributed by atoms with Gasteiger partial charge in [-0.1, -0.05) is 6.07 Å². The van der Waals surface area contributed by atoms with Crippen LogP contribution in [-0.2, 0) is 6.42 Å². The molecule has 0 spiro atoms. The van der Waals surface area contributed by atoms with E-state index in [9.17, 15) is 18.4 Å². The Balaban J connectivity index is 1.54. The molecule has 0 radical (unpaired) electrons. The molecule has 1 unspecified atom stereocenters. The summed E-state index contributed by atoms with van der Waals surface area (Å²) in [6.07, 6.45) is 0.439. The lowest BCUT2D eigenvalue weighted by molar-refractivity contribution is 0.0579. The fourth-order valence-electron chi connectivity index (χ4n) is 4.87. The Bertz CT molecular complexity index is 1580. The van der Waals surface area contributed by atoms with Crippen molar-refractivity contribution in [3.8, 4) is 17.2 Å². The average Bonchev–Trinajstić information content (AvgIpc) is 2.90. The number of ether oxygens (including phenoxy) is 3. The predicted molar refractivity (Wildman–Crippen MR) is 136 cm³/mol. The van der Waals surface area contributed by atoms with Gasteiger partial charge in [0.2, 0.25) is 0 Å². The van der Waals surface area contributed by atoms with Gasteiger partial charge in [-0.15, -0.1) is 0 Å². The van der Waals surface area contributed by atoms with E-state index in [-0.39, 0.29) is 13.2 Å². The zero-order chi connectivity index (χ0) is 27.0. The lowest BCUT2D eigenvalue weighted by Gasteiger charge is -2.37. The second-order valence-electron chi connectivity index (χ2n) is 8.98. The molecule has 4 aromatic rings. The van der Waals surface area contributed by atoms with Crippen molar-refractivity contribution in [3.05, 3.63) is 98.9 Å². The van der Waals surface area contributed by atoms with E-state index in [4.69, 9.17) is 18.6 Å². The first-order valence-corrected chi connectivity index (χ1v) is 12.0. The van der Waals surface area contributed by atoms with E-state index in [0.29, 0.717) is 34.8 Å². The average molecular weight is 522 g/mol. The molecule has 1 aliphatic rings. The van der Waals surface area contributed by atoms with Gasteiger partial charge in [0.1, 0.15) is 35.1 Å². The van der Waals surface area contributed by atoms with Crippen LogP contribution < -0.4 is 19.8 Å². The molecule has 1 atom stereocenters. The monoisotopic (exact) mass is 521 g/mol. The van der Waals surface area contributed by atoms with Crippen LogP contribution in [0.1, 0.15) is 33.1 Å². The summed E-state index contributed by atoms with van der Waals surface area (Å²) >= 11 is 0. The lowest BCUT2D eigenvalue weighted by Crippen LogP contribution is -2.43. The SMILES string of the molecule is COc1cc2c(cc1OC)C(COc1ccc3c(C)cc(=O)oc3c1)N(C(=O)c1c(F)cccc1F)CC2. The Morgan fingerprint density at radius 1 is 1.03 bits per heavy atom. The number of halogens is 2. The van der Waals surface area contributed by atoms with Gasteiger partial charge in [-0.2, -0.15) is 0 Å². The molecule has 0 saturated carbocycles. The van der Waals surface area contributed by atoms with Gasteiger partial charge < -0.3 is 23.5 Å². The Labute approximate surface area is 217 Å². The van der Waals surface area contributed by atoms with E-state index in [1.807, 2.05) is 13.0 Å². The van der Waals surface area contributed by atoms with E-state index in [2.05, 4.69) is 0 Å². The third-order valence-corrected chi connectivity index (χ3v) is 6.77. The van der Waals surface area contributed by atoms with Crippen molar-refractivity contribution in [2.75, 3.05) is 27.4 Å². The molecule has 38 heavy (non-hydrogen) atoms. The fourth-order valence-corrected chi connectivity index (χ4v) is 4.87. The molecular formula is C29H25F2NO6. The molecule has 0 aliphatic carbocycles. The minimum Gasteiger partial charge on any atom is -0.493 e. The van der Waals surface area contributed by atoms with Gasteiger partial charge in [0.25, 0.3) is 5.91 Å². The molecule has 2 heterocycles. The van der Waals surface area contributed by atoms with Crippen LogP contribution in [0.4, 0.5) is 8.78 Å². The highest BCUT2D eigenvalue weighted by atomic mass is 19.1. The molecule has 9 heteroatoms. The minimum absolute atomic E-state index is 0.0359. The first-order valence-electron chi connectivity index (χ1n) is 12.0. The van der Waals surface area contributed by atoms with Crippen LogP contribution in [0.2, 0.25) is 0 Å². The van der Waals surface area contributed by atoms with Gasteiger partial charge in [-0.3, -0.25) is 4.79 Å². The Kier molecular flexibility index (Phi) is 6.75. The van der Waals surface area contributed by atoms with Crippen LogP contribution in [0.25, 0.3) is 11.0 Å². The number of aryl methyl sites for hydroxylation is 1. The van der Waals surface area contributed by atoms with Crippen LogP contribution in [0.15, 0.2) is 63.8 Å². The first-order chi connectivity index (χ1) is 18.3. The zero-order valence-corrected chi connectivity index (χ0v) is 21.0. The van der Waals surface area contributed by atoms with Crippen molar-refractivity contribution >= 4 is 16.9 Å². The van der Waals surface area contributed by atoms with Gasteiger partial charge in [0, 0.05) is 24.1 Å². The molecule has 7 nitrogen and oxygen atoms in total. The molecule has 1 aliphatic heterocycles. The van der Waals surface area contributed by atoms with Gasteiger partial charge in [-0.05, 0) is 66.4 Å². The topological polar surface area (TPSA) is 78.2 Å². The van der Waals surface area contributed by atoms with Gasteiger partial charge in [-0.25, -0.2) is 13.6 Å². The van der Waals surface area contributed by atoms with E-state index < -0.39 is 34.8 Å². The van der Waals surface area contributed by atoms with Crippen LogP contribution in [0.3, 0.4) is 0 Å². The molecule has 1 aromatic heterocycles. The molecule has 0 saturated heterocycles. The molecule has 0 bridgehead atoms. The highest BCUT2D eigenvalue weighted by molar-refractivity contribution is 5.95. The van der Waals surface area contributed by atoms with Crippen molar-refractivity contribution in [3.63, 3.8) is 0 Å². The summed E-state index contributed by atoms with van der Waals surface area (Å²) in [6, 6.07) is 12.7. The van der Waals surface area contributed by atoms with Crippen molar-refractivity contribution in [2.45, 2.75) is 19.4 Å². The van der Waals surface area contributed by atoms with Crippen LogP contribution >= 0.6 is 0 Å². The van der Waals surface area contributed by atoms with Crippen molar-refractivity contribution in [1.29, 1.82) is 0 Å². The van der Waals surface area contributed by atoms with Gasteiger partial charge in [0.15, 0.2) is 11.5 Å². The Morgan fingerprint density at radius 2 is 1.74 bits per heavy atom. The summed E-state index contributed by atoms with van der Waals surface area (Å²) in [4.78, 5) is 26.7. The molecule has 3 aromatic carbocycles. The summed E-state index contributed by atoms with van der Waals surface area (Å²) in [5.41, 5.74) is 1.65. The highest BCUT2D eigenvalue weighted by Crippen LogP contribution is 2.39. The summed E-state index contributed by atoms with van der Waals surface area (Å²) < 4.78 is 51.4. The number of rotatable bonds is 6. The maximum absolute atomic E-state index is 14.6. The molecule has 196 valence electrons. The van der Waals surface area contributed by atoms with Gasteiger partial charge in [0.05, 0.1) is 20.3 Å². The molecular weight excluding hydrogens is 496 g/mol. The number of amides is 1. The minimum atomic E-state index is -0.937. The number of carbonyl (C=O) groups excluding carboxylic acids is 1. The molecule has 5 rings (SSSR count). The lowest BCUT2D eigenvalue weighted by atomic mass is 9.91. The standard InChI is InChI=1S/C29H25F2NO6/c1-16-11-27(33)38-24-13-18(7-8-19(16)24)37-15-23-20-14-26(36-3)25(35-2)12-17(20)9-10-32(23)29(34)28-21(30)5-4-6-22(28)31/h4-8,11-14,23H,9-10,15H2,1-3H3. The number of carbonyl (C=O) groups is 1. The highest BCUT2D eigenvalue weighted by Gasteiger charge is 2.35. The first kappa shape index (κ1) is 25.3. The predicted octanol–water partition coefficient (Wildman–Crippen LogP) is 5.22. The maximum atomic E-state index is 14.6. The van der Waals surface area contributed by atoms with Crippen LogP contribution in [0.5, 0.6) is 17.2 Å². The van der Waals surface area contributed by atoms with Crippen molar-refractivity contribution in [1.82, 2.24) is 4.90 Å². The molecule has 1 amide bonds. The fraction of sp³-hybridized carbons (Fsp3) is 0.241. The quantitative estimate of drug-likeness (QED) is 0.324. The summed E-state index contributed by atoms with van der Waals surface area (Å²) in [5, 5.41) is 0.767. The second-order valence-corrected chi connectivity index (χ2v) is 8.98. The third kappa shape index (κ3) is 4.55. The van der Waals surface area contributed by atoms with Crippen LogP contribution in [0, 0.1) is 18.6 Å². The zero-order valence-electron chi connectivity index (χ0n) is 21.0. The van der Waals surface area contributed by atoms with E-state index >= 15 is 0 Å². The normalized spacial score (nSPS) is 14.8. The number of benzene rings is 3.